The molecular weight excluding hydrogens is 396 g/mol. The van der Waals surface area contributed by atoms with Crippen LogP contribution in [0.4, 0.5) is 11.8 Å². The van der Waals surface area contributed by atoms with Crippen molar-refractivity contribution in [2.75, 3.05) is 43.4 Å². The van der Waals surface area contributed by atoms with Gasteiger partial charge in [-0.1, -0.05) is 0 Å². The molecule has 10 heteroatoms. The number of oxazole rings is 1. The number of piperazine rings is 1. The minimum absolute atomic E-state index is 0.216. The van der Waals surface area contributed by atoms with Gasteiger partial charge < -0.3 is 19.5 Å². The molecule has 5 rings (SSSR count). The van der Waals surface area contributed by atoms with Crippen LogP contribution in [0.25, 0.3) is 22.2 Å². The van der Waals surface area contributed by atoms with Gasteiger partial charge in [0.1, 0.15) is 12.1 Å². The van der Waals surface area contributed by atoms with Crippen LogP contribution in [0.2, 0.25) is 0 Å². The summed E-state index contributed by atoms with van der Waals surface area (Å²) in [4.78, 5) is 30.3. The van der Waals surface area contributed by atoms with E-state index in [0.717, 1.165) is 48.3 Å². The van der Waals surface area contributed by atoms with Gasteiger partial charge in [-0.05, 0) is 19.2 Å². The summed E-state index contributed by atoms with van der Waals surface area (Å²) in [6.07, 6.45) is 6.73. The normalized spacial score (nSPS) is 14.8. The first-order valence-corrected chi connectivity index (χ1v) is 10.0. The number of carbonyl (C=O) groups is 1. The SMILES string of the molecule is CN1CCN(c2nc(C(=O)Nc3cc4nc(-c5cnn(C)c5)ccc4cn3)co2)CC1. The summed E-state index contributed by atoms with van der Waals surface area (Å²) in [5.74, 6) is 0.0249. The summed E-state index contributed by atoms with van der Waals surface area (Å²) in [6.45, 7) is 3.49. The molecule has 1 amide bonds. The molecule has 0 spiro atoms. The highest BCUT2D eigenvalue weighted by atomic mass is 16.4. The lowest BCUT2D eigenvalue weighted by Crippen LogP contribution is -2.44. The quantitative estimate of drug-likeness (QED) is 0.537. The molecule has 4 aromatic rings. The predicted octanol–water partition coefficient (Wildman–Crippen LogP) is 2.02. The highest BCUT2D eigenvalue weighted by Crippen LogP contribution is 2.22. The monoisotopic (exact) mass is 418 g/mol. The van der Waals surface area contributed by atoms with E-state index in [9.17, 15) is 4.79 Å². The maximum absolute atomic E-state index is 12.7. The molecule has 1 aliphatic heterocycles. The molecule has 0 saturated carbocycles. The van der Waals surface area contributed by atoms with Crippen molar-refractivity contribution in [1.29, 1.82) is 0 Å². The topological polar surface area (TPSA) is 105 Å². The fourth-order valence-corrected chi connectivity index (χ4v) is 3.49. The fourth-order valence-electron chi connectivity index (χ4n) is 3.49. The van der Waals surface area contributed by atoms with Crippen LogP contribution in [0.3, 0.4) is 0 Å². The number of hydrogen-bond donors (Lipinski definition) is 1. The van der Waals surface area contributed by atoms with E-state index < -0.39 is 0 Å². The van der Waals surface area contributed by atoms with Crippen LogP contribution in [0, 0.1) is 0 Å². The van der Waals surface area contributed by atoms with Gasteiger partial charge in [0.25, 0.3) is 11.9 Å². The molecule has 0 aliphatic carbocycles. The maximum Gasteiger partial charge on any atom is 0.298 e. The van der Waals surface area contributed by atoms with E-state index in [1.165, 1.54) is 6.26 Å². The lowest BCUT2D eigenvalue weighted by Gasteiger charge is -2.31. The lowest BCUT2D eigenvalue weighted by molar-refractivity contribution is 0.102. The van der Waals surface area contributed by atoms with Gasteiger partial charge in [-0.3, -0.25) is 9.48 Å². The summed E-state index contributed by atoms with van der Waals surface area (Å²) >= 11 is 0. The second-order valence-corrected chi connectivity index (χ2v) is 7.62. The molecule has 5 heterocycles. The zero-order chi connectivity index (χ0) is 21.4. The van der Waals surface area contributed by atoms with E-state index in [1.807, 2.05) is 30.3 Å². The van der Waals surface area contributed by atoms with Crippen molar-refractivity contribution in [3.63, 3.8) is 0 Å². The van der Waals surface area contributed by atoms with Gasteiger partial charge in [-0.15, -0.1) is 0 Å². The van der Waals surface area contributed by atoms with Gasteiger partial charge in [0.15, 0.2) is 5.69 Å². The van der Waals surface area contributed by atoms with E-state index in [-0.39, 0.29) is 11.6 Å². The molecule has 1 fully saturated rings. The molecule has 0 aromatic carbocycles. The molecule has 1 N–H and O–H groups in total. The van der Waals surface area contributed by atoms with Gasteiger partial charge in [0.05, 0.1) is 17.4 Å². The first-order chi connectivity index (χ1) is 15.0. The third-order valence-electron chi connectivity index (χ3n) is 5.31. The Labute approximate surface area is 178 Å². The minimum Gasteiger partial charge on any atom is -0.431 e. The van der Waals surface area contributed by atoms with Crippen LogP contribution in [0.15, 0.2) is 47.5 Å². The number of pyridine rings is 2. The first kappa shape index (κ1) is 19.2. The molecule has 1 saturated heterocycles. The number of fused-ring (bicyclic) bond motifs is 1. The van der Waals surface area contributed by atoms with Crippen LogP contribution in [0.1, 0.15) is 10.5 Å². The van der Waals surface area contributed by atoms with Crippen molar-refractivity contribution in [1.82, 2.24) is 29.6 Å². The summed E-state index contributed by atoms with van der Waals surface area (Å²) in [6, 6.07) is 6.08. The van der Waals surface area contributed by atoms with E-state index in [4.69, 9.17) is 4.42 Å². The summed E-state index contributed by atoms with van der Waals surface area (Å²) in [7, 11) is 3.94. The van der Waals surface area contributed by atoms with Crippen molar-refractivity contribution in [2.24, 2.45) is 7.05 Å². The molecule has 31 heavy (non-hydrogen) atoms. The Balaban J connectivity index is 1.33. The largest absolute Gasteiger partial charge is 0.431 e. The van der Waals surface area contributed by atoms with E-state index in [1.54, 1.807) is 23.1 Å². The molecule has 1 aliphatic rings. The zero-order valence-corrected chi connectivity index (χ0v) is 17.3. The Hall–Kier alpha value is -3.79. The smallest absolute Gasteiger partial charge is 0.298 e. The van der Waals surface area contributed by atoms with Gasteiger partial charge in [0.2, 0.25) is 0 Å². The van der Waals surface area contributed by atoms with Gasteiger partial charge in [-0.25, -0.2) is 9.97 Å². The number of aryl methyl sites for hydroxylation is 1. The van der Waals surface area contributed by atoms with Crippen molar-refractivity contribution in [3.8, 4) is 11.3 Å². The third-order valence-corrected chi connectivity index (χ3v) is 5.31. The number of nitrogens with one attached hydrogen (secondary N) is 1. The molecular formula is C21H22N8O2. The Morgan fingerprint density at radius 2 is 1.94 bits per heavy atom. The zero-order valence-electron chi connectivity index (χ0n) is 17.3. The molecule has 4 aromatic heterocycles. The van der Waals surface area contributed by atoms with Crippen LogP contribution in [-0.4, -0.2) is 68.8 Å². The van der Waals surface area contributed by atoms with Crippen LogP contribution in [-0.2, 0) is 7.05 Å². The third kappa shape index (κ3) is 3.97. The molecule has 10 nitrogen and oxygen atoms in total. The molecule has 0 radical (unpaired) electrons. The molecule has 0 unspecified atom stereocenters. The molecule has 0 atom stereocenters. The summed E-state index contributed by atoms with van der Waals surface area (Å²) in [5.41, 5.74) is 2.67. The number of amides is 1. The van der Waals surface area contributed by atoms with Gasteiger partial charge in [0, 0.05) is 62.6 Å². The van der Waals surface area contributed by atoms with Crippen LogP contribution >= 0.6 is 0 Å². The van der Waals surface area contributed by atoms with Crippen molar-refractivity contribution in [2.45, 2.75) is 0 Å². The average Bonchev–Trinajstić information content (AvgIpc) is 3.43. The number of nitrogens with zero attached hydrogens (tertiary/aromatic N) is 7. The van der Waals surface area contributed by atoms with Crippen molar-refractivity contribution >= 4 is 28.6 Å². The second kappa shape index (κ2) is 7.80. The van der Waals surface area contributed by atoms with Gasteiger partial charge >= 0.3 is 0 Å². The number of carbonyl (C=O) groups excluding carboxylic acids is 1. The van der Waals surface area contributed by atoms with Crippen molar-refractivity contribution < 1.29 is 9.21 Å². The fraction of sp³-hybridized carbons (Fsp3) is 0.286. The van der Waals surface area contributed by atoms with Crippen LogP contribution < -0.4 is 10.2 Å². The number of aromatic nitrogens is 5. The number of hydrogen-bond acceptors (Lipinski definition) is 8. The average molecular weight is 418 g/mol. The first-order valence-electron chi connectivity index (χ1n) is 10.0. The van der Waals surface area contributed by atoms with E-state index in [2.05, 4.69) is 37.3 Å². The highest BCUT2D eigenvalue weighted by Gasteiger charge is 2.21. The summed E-state index contributed by atoms with van der Waals surface area (Å²) < 4.78 is 7.26. The standard InChI is InChI=1S/C21H22N8O2/c1-27-5-7-29(8-6-27)21-25-18(13-31-21)20(30)26-19-9-17-14(10-22-19)3-4-16(24-17)15-11-23-28(2)12-15/h3-4,9-13H,5-8H2,1-2H3,(H,22,26,30). The number of rotatable bonds is 4. The number of likely N-dealkylation sites (N-methyl/N-ethyl adjacent to an activating group) is 1. The Kier molecular flexibility index (Phi) is 4.83. The number of anilines is 2. The Morgan fingerprint density at radius 3 is 2.71 bits per heavy atom. The molecule has 0 bridgehead atoms. The van der Waals surface area contributed by atoms with Crippen molar-refractivity contribution in [3.05, 3.63) is 48.7 Å². The Bertz CT molecular complexity index is 1240. The second-order valence-electron chi connectivity index (χ2n) is 7.62. The van der Waals surface area contributed by atoms with E-state index in [0.29, 0.717) is 11.8 Å². The van der Waals surface area contributed by atoms with Gasteiger partial charge in [-0.2, -0.15) is 10.1 Å². The lowest BCUT2D eigenvalue weighted by atomic mass is 10.2. The highest BCUT2D eigenvalue weighted by molar-refractivity contribution is 6.03. The predicted molar refractivity (Wildman–Crippen MR) is 116 cm³/mol. The van der Waals surface area contributed by atoms with Crippen LogP contribution in [0.5, 0.6) is 0 Å². The van der Waals surface area contributed by atoms with E-state index >= 15 is 0 Å². The maximum atomic E-state index is 12.7. The summed E-state index contributed by atoms with van der Waals surface area (Å²) in [5, 5.41) is 7.85. The minimum atomic E-state index is -0.376. The molecule has 158 valence electrons. The Morgan fingerprint density at radius 1 is 1.10 bits per heavy atom.